The van der Waals surface area contributed by atoms with E-state index in [1.165, 1.54) is 31.5 Å². The van der Waals surface area contributed by atoms with E-state index in [4.69, 9.17) is 4.74 Å². The molecule has 1 unspecified atom stereocenters. The first-order chi connectivity index (χ1) is 11.6. The van der Waals surface area contributed by atoms with Crippen molar-refractivity contribution < 1.29 is 4.74 Å². The van der Waals surface area contributed by atoms with Crippen LogP contribution in [-0.2, 0) is 6.54 Å². The lowest BCUT2D eigenvalue weighted by Crippen LogP contribution is -2.47. The summed E-state index contributed by atoms with van der Waals surface area (Å²) in [5.41, 5.74) is 1.18. The molecular formula is C19H33IN4O. The second-order valence-corrected chi connectivity index (χ2v) is 6.73. The summed E-state index contributed by atoms with van der Waals surface area (Å²) in [6.45, 7) is 8.70. The molecule has 0 aromatic heterocycles. The van der Waals surface area contributed by atoms with E-state index in [-0.39, 0.29) is 24.0 Å². The van der Waals surface area contributed by atoms with Crippen LogP contribution in [0.2, 0.25) is 0 Å². The molecule has 1 aliphatic heterocycles. The predicted octanol–water partition coefficient (Wildman–Crippen LogP) is 3.10. The summed E-state index contributed by atoms with van der Waals surface area (Å²) >= 11 is 0. The Balaban J connectivity index is 0.00000312. The first-order valence-electron chi connectivity index (χ1n) is 8.94. The first kappa shape index (κ1) is 22.0. The van der Waals surface area contributed by atoms with Crippen molar-refractivity contribution in [3.05, 3.63) is 29.8 Å². The zero-order valence-electron chi connectivity index (χ0n) is 15.9. The van der Waals surface area contributed by atoms with Gasteiger partial charge in [0.15, 0.2) is 5.96 Å². The number of nitrogens with zero attached hydrogens (tertiary/aromatic N) is 2. The van der Waals surface area contributed by atoms with Crippen molar-refractivity contribution in [3.8, 4) is 5.75 Å². The van der Waals surface area contributed by atoms with Gasteiger partial charge in [0.1, 0.15) is 5.75 Å². The van der Waals surface area contributed by atoms with Gasteiger partial charge in [0.05, 0.1) is 7.11 Å². The Bertz CT molecular complexity index is 530. The smallest absolute Gasteiger partial charge is 0.191 e. The van der Waals surface area contributed by atoms with Crippen LogP contribution in [-0.4, -0.2) is 50.7 Å². The van der Waals surface area contributed by atoms with Crippen LogP contribution in [0, 0.1) is 5.92 Å². The van der Waals surface area contributed by atoms with Crippen molar-refractivity contribution in [2.24, 2.45) is 10.9 Å². The molecule has 0 bridgehead atoms. The van der Waals surface area contributed by atoms with Crippen LogP contribution in [0.25, 0.3) is 0 Å². The number of likely N-dealkylation sites (tertiary alicyclic amines) is 1. The number of hydrogen-bond donors (Lipinski definition) is 2. The summed E-state index contributed by atoms with van der Waals surface area (Å²) in [7, 11) is 3.50. The van der Waals surface area contributed by atoms with Crippen LogP contribution < -0.4 is 15.4 Å². The van der Waals surface area contributed by atoms with Crippen molar-refractivity contribution >= 4 is 29.9 Å². The van der Waals surface area contributed by atoms with Crippen molar-refractivity contribution in [1.82, 2.24) is 15.5 Å². The number of aliphatic imine (C=N–C) groups is 1. The third-order valence-corrected chi connectivity index (χ3v) is 4.82. The van der Waals surface area contributed by atoms with Gasteiger partial charge >= 0.3 is 0 Å². The quantitative estimate of drug-likeness (QED) is 0.389. The second kappa shape index (κ2) is 11.6. The molecule has 1 fully saturated rings. The molecule has 2 N–H and O–H groups in total. The zero-order valence-corrected chi connectivity index (χ0v) is 18.2. The number of halogens is 1. The van der Waals surface area contributed by atoms with Gasteiger partial charge in [-0.25, -0.2) is 0 Å². The molecule has 0 aliphatic carbocycles. The molecule has 0 radical (unpaired) electrons. The van der Waals surface area contributed by atoms with E-state index >= 15 is 0 Å². The third kappa shape index (κ3) is 7.40. The van der Waals surface area contributed by atoms with Gasteiger partial charge in [-0.05, 0) is 56.5 Å². The summed E-state index contributed by atoms with van der Waals surface area (Å²) < 4.78 is 5.26. The molecule has 2 rings (SSSR count). The lowest BCUT2D eigenvalue weighted by molar-refractivity contribution is 0.147. The Morgan fingerprint density at radius 2 is 2.04 bits per heavy atom. The lowest BCUT2D eigenvalue weighted by atomic mass is 9.98. The average Bonchev–Trinajstić information content (AvgIpc) is 2.62. The van der Waals surface area contributed by atoms with E-state index in [0.29, 0.717) is 6.04 Å². The van der Waals surface area contributed by atoms with Crippen molar-refractivity contribution in [1.29, 1.82) is 0 Å². The zero-order chi connectivity index (χ0) is 17.4. The standard InChI is InChI=1S/C19H32N4O.HI/c1-15-8-10-23(11-9-15)16(2)13-21-19(20-3)22-14-17-6-5-7-18(12-17)24-4;/h5-7,12,15-16H,8-11,13-14H2,1-4H3,(H2,20,21,22);1H. The molecule has 1 heterocycles. The molecule has 1 aromatic rings. The highest BCUT2D eigenvalue weighted by molar-refractivity contribution is 14.0. The molecule has 142 valence electrons. The highest BCUT2D eigenvalue weighted by Gasteiger charge is 2.20. The topological polar surface area (TPSA) is 48.9 Å². The Kier molecular flexibility index (Phi) is 10.2. The van der Waals surface area contributed by atoms with Crippen LogP contribution >= 0.6 is 24.0 Å². The molecule has 0 saturated carbocycles. The SMILES string of the molecule is CN=C(NCc1cccc(OC)c1)NCC(C)N1CCC(C)CC1.I. The minimum atomic E-state index is 0. The van der Waals surface area contributed by atoms with Crippen LogP contribution in [0.15, 0.2) is 29.3 Å². The second-order valence-electron chi connectivity index (χ2n) is 6.73. The van der Waals surface area contributed by atoms with Crippen molar-refractivity contribution in [2.45, 2.75) is 39.3 Å². The fourth-order valence-corrected chi connectivity index (χ4v) is 3.03. The van der Waals surface area contributed by atoms with Crippen LogP contribution in [0.4, 0.5) is 0 Å². The van der Waals surface area contributed by atoms with Crippen LogP contribution in [0.5, 0.6) is 5.75 Å². The van der Waals surface area contributed by atoms with Gasteiger partial charge in [0.2, 0.25) is 0 Å². The summed E-state index contributed by atoms with van der Waals surface area (Å²) in [6, 6.07) is 8.61. The Hall–Kier alpha value is -1.02. The fraction of sp³-hybridized carbons (Fsp3) is 0.632. The van der Waals surface area contributed by atoms with Gasteiger partial charge in [0, 0.05) is 26.2 Å². The number of rotatable bonds is 6. The van der Waals surface area contributed by atoms with Gasteiger partial charge in [-0.15, -0.1) is 24.0 Å². The molecule has 6 heteroatoms. The Morgan fingerprint density at radius 1 is 1.32 bits per heavy atom. The maximum Gasteiger partial charge on any atom is 0.191 e. The third-order valence-electron chi connectivity index (χ3n) is 4.82. The van der Waals surface area contributed by atoms with E-state index < -0.39 is 0 Å². The lowest BCUT2D eigenvalue weighted by Gasteiger charge is -2.35. The van der Waals surface area contributed by atoms with Gasteiger partial charge in [-0.1, -0.05) is 19.1 Å². The van der Waals surface area contributed by atoms with Crippen molar-refractivity contribution in [3.63, 3.8) is 0 Å². The molecule has 0 spiro atoms. The minimum Gasteiger partial charge on any atom is -0.497 e. The van der Waals surface area contributed by atoms with E-state index in [9.17, 15) is 0 Å². The predicted molar refractivity (Wildman–Crippen MR) is 116 cm³/mol. The van der Waals surface area contributed by atoms with Gasteiger partial charge in [-0.3, -0.25) is 9.89 Å². The minimum absolute atomic E-state index is 0. The summed E-state index contributed by atoms with van der Waals surface area (Å²) in [5.74, 6) is 2.60. The number of ether oxygens (including phenoxy) is 1. The van der Waals surface area contributed by atoms with E-state index in [0.717, 1.165) is 30.7 Å². The fourth-order valence-electron chi connectivity index (χ4n) is 3.03. The number of methoxy groups -OCH3 is 1. The number of piperidine rings is 1. The van der Waals surface area contributed by atoms with E-state index in [1.807, 2.05) is 25.2 Å². The molecule has 1 aliphatic rings. The number of hydrogen-bond acceptors (Lipinski definition) is 3. The maximum absolute atomic E-state index is 5.26. The largest absolute Gasteiger partial charge is 0.497 e. The average molecular weight is 460 g/mol. The Labute approximate surface area is 169 Å². The molecular weight excluding hydrogens is 427 g/mol. The molecule has 1 atom stereocenters. The summed E-state index contributed by atoms with van der Waals surface area (Å²) in [6.07, 6.45) is 2.63. The molecule has 5 nitrogen and oxygen atoms in total. The maximum atomic E-state index is 5.26. The normalized spacial score (nSPS) is 17.5. The summed E-state index contributed by atoms with van der Waals surface area (Å²) in [5, 5.41) is 6.81. The molecule has 0 amide bonds. The number of guanidine groups is 1. The van der Waals surface area contributed by atoms with E-state index in [2.05, 4.69) is 40.4 Å². The number of benzene rings is 1. The highest BCUT2D eigenvalue weighted by atomic mass is 127. The highest BCUT2D eigenvalue weighted by Crippen LogP contribution is 2.17. The monoisotopic (exact) mass is 460 g/mol. The van der Waals surface area contributed by atoms with Gasteiger partial charge in [-0.2, -0.15) is 0 Å². The van der Waals surface area contributed by atoms with Crippen LogP contribution in [0.3, 0.4) is 0 Å². The molecule has 1 aromatic carbocycles. The summed E-state index contributed by atoms with van der Waals surface area (Å²) in [4.78, 5) is 6.89. The van der Waals surface area contributed by atoms with Gasteiger partial charge in [0.25, 0.3) is 0 Å². The molecule has 25 heavy (non-hydrogen) atoms. The molecule has 1 saturated heterocycles. The van der Waals surface area contributed by atoms with Crippen molar-refractivity contribution in [2.75, 3.05) is 33.8 Å². The number of nitrogens with one attached hydrogen (secondary N) is 2. The Morgan fingerprint density at radius 3 is 2.68 bits per heavy atom. The first-order valence-corrected chi connectivity index (χ1v) is 8.94. The van der Waals surface area contributed by atoms with E-state index in [1.54, 1.807) is 7.11 Å². The van der Waals surface area contributed by atoms with Crippen LogP contribution in [0.1, 0.15) is 32.3 Å². The van der Waals surface area contributed by atoms with Gasteiger partial charge < -0.3 is 15.4 Å².